The van der Waals surface area contributed by atoms with Gasteiger partial charge in [0.15, 0.2) is 7.16 Å². The fourth-order valence-corrected chi connectivity index (χ4v) is 4.45. The van der Waals surface area contributed by atoms with Crippen LogP contribution in [-0.4, -0.2) is 0 Å². The Labute approximate surface area is 113 Å². The zero-order chi connectivity index (χ0) is 12.1. The van der Waals surface area contributed by atoms with Gasteiger partial charge in [-0.1, -0.05) is 49.1 Å². The first-order valence-corrected chi connectivity index (χ1v) is 7.88. The van der Waals surface area contributed by atoms with Crippen molar-refractivity contribution in [1.29, 1.82) is 0 Å². The van der Waals surface area contributed by atoms with E-state index in [9.17, 15) is 0 Å². The second-order valence-corrected chi connectivity index (χ2v) is 7.10. The molecule has 86 valence electrons. The van der Waals surface area contributed by atoms with E-state index in [1.54, 1.807) is 3.58 Å². The van der Waals surface area contributed by atoms with Crippen LogP contribution in [0, 0.1) is 0 Å². The first kappa shape index (κ1) is 12.4. The fraction of sp³-hybridized carbons (Fsp3) is 0.125. The van der Waals surface area contributed by atoms with Crippen molar-refractivity contribution in [2.24, 2.45) is 0 Å². The molecule has 1 aliphatic rings. The van der Waals surface area contributed by atoms with Crippen molar-refractivity contribution < 1.29 is 21.2 Å². The van der Waals surface area contributed by atoms with Crippen LogP contribution >= 0.6 is 0 Å². The Morgan fingerprint density at radius 1 is 1.29 bits per heavy atom. The van der Waals surface area contributed by atoms with Crippen molar-refractivity contribution in [2.45, 2.75) is 12.8 Å². The summed E-state index contributed by atoms with van der Waals surface area (Å²) in [4.78, 5) is 0. The molecule has 1 aromatic rings. The predicted octanol–water partition coefficient (Wildman–Crippen LogP) is -0.286. The second-order valence-electron chi connectivity index (χ2n) is 3.87. The van der Waals surface area contributed by atoms with Gasteiger partial charge in [0, 0.05) is 11.6 Å². The molecule has 1 aromatic carbocycles. The van der Waals surface area contributed by atoms with Gasteiger partial charge in [0.1, 0.15) is 0 Å². The Bertz CT molecular complexity index is 576. The van der Waals surface area contributed by atoms with Crippen LogP contribution in [0.3, 0.4) is 0 Å². The highest BCUT2D eigenvalue weighted by atomic mass is 127. The average Bonchev–Trinajstić information content (AvgIpc) is 2.37. The van der Waals surface area contributed by atoms with Crippen LogP contribution in [0.1, 0.15) is 12.8 Å². The largest absolute Gasteiger partial charge is 0.353 e. The van der Waals surface area contributed by atoms with Crippen molar-refractivity contribution in [1.82, 2.24) is 0 Å². The molecule has 17 heavy (non-hydrogen) atoms. The minimum atomic E-state index is -0.0929. The molecule has 0 N–H and O–H groups in total. The van der Waals surface area contributed by atoms with Gasteiger partial charge in [-0.2, -0.15) is 0 Å². The number of halogens is 1. The lowest BCUT2D eigenvalue weighted by atomic mass is 10.1. The summed E-state index contributed by atoms with van der Waals surface area (Å²) >= 11 is -0.0929. The van der Waals surface area contributed by atoms with Gasteiger partial charge in [-0.25, -0.2) is 0 Å². The van der Waals surface area contributed by atoms with E-state index in [0.29, 0.717) is 0 Å². The molecular weight excluding hydrogens is 319 g/mol. The molecule has 0 nitrogen and oxygen atoms in total. The van der Waals surface area contributed by atoms with E-state index >= 15 is 0 Å². The van der Waals surface area contributed by atoms with Crippen LogP contribution in [-0.2, 0) is 0 Å². The summed E-state index contributed by atoms with van der Waals surface area (Å²) in [6, 6.07) is 8.69. The summed E-state index contributed by atoms with van der Waals surface area (Å²) in [6.45, 7) is 7.83. The highest BCUT2D eigenvalue weighted by Crippen LogP contribution is 1.98. The molecule has 0 heterocycles. The molecule has 1 heteroatoms. The van der Waals surface area contributed by atoms with Gasteiger partial charge in [0.2, 0.25) is 0 Å². The minimum absolute atomic E-state index is 0.0929. The maximum absolute atomic E-state index is 4.14. The normalized spacial score (nSPS) is 14.2. The lowest BCUT2D eigenvalue weighted by Crippen LogP contribution is -3.59. The quantitative estimate of drug-likeness (QED) is 0.524. The Kier molecular flexibility index (Phi) is 4.37. The molecule has 0 unspecified atom stereocenters. The predicted molar refractivity (Wildman–Crippen MR) is 71.3 cm³/mol. The van der Waals surface area contributed by atoms with Crippen molar-refractivity contribution in [3.05, 3.63) is 69.7 Å². The second kappa shape index (κ2) is 6.01. The highest BCUT2D eigenvalue weighted by Gasteiger charge is 2.20. The maximum atomic E-state index is 4.14. The van der Waals surface area contributed by atoms with Gasteiger partial charge in [-0.15, -0.1) is 0 Å². The smallest absolute Gasteiger partial charge is 0.0991 e. The molecule has 0 saturated heterocycles. The summed E-state index contributed by atoms with van der Waals surface area (Å²) in [6.07, 6.45) is 10.6. The topological polar surface area (TPSA) is 0 Å². The lowest BCUT2D eigenvalue weighted by Gasteiger charge is -2.00. The van der Waals surface area contributed by atoms with Crippen molar-refractivity contribution in [2.75, 3.05) is 0 Å². The number of hydrogen-bond acceptors (Lipinski definition) is 0. The van der Waals surface area contributed by atoms with Gasteiger partial charge in [0.05, 0.1) is 0 Å². The summed E-state index contributed by atoms with van der Waals surface area (Å²) in [5, 5.41) is 2.84. The third-order valence-electron chi connectivity index (χ3n) is 2.63. The van der Waals surface area contributed by atoms with Crippen LogP contribution in [0.25, 0.3) is 9.66 Å². The zero-order valence-electron chi connectivity index (χ0n) is 9.83. The van der Waals surface area contributed by atoms with Gasteiger partial charge >= 0.3 is 21.2 Å². The van der Waals surface area contributed by atoms with Crippen LogP contribution in [0.5, 0.6) is 0 Å². The standard InChI is InChI=1S/C16H16I/c1-3-4-8-13(2)17-16-12-7-10-14-9-5-6-11-15(14)16/h3-6,8-11H,1-2,7,12H2/q+1/b8-4-. The van der Waals surface area contributed by atoms with Gasteiger partial charge in [0.25, 0.3) is 0 Å². The van der Waals surface area contributed by atoms with E-state index in [1.165, 1.54) is 26.9 Å². The lowest BCUT2D eigenvalue weighted by molar-refractivity contribution is -0.508. The van der Waals surface area contributed by atoms with E-state index in [-0.39, 0.29) is 21.2 Å². The molecule has 0 spiro atoms. The van der Waals surface area contributed by atoms with Crippen LogP contribution in [0.15, 0.2) is 59.2 Å². The van der Waals surface area contributed by atoms with Crippen molar-refractivity contribution >= 4 is 9.66 Å². The third-order valence-corrected chi connectivity index (χ3v) is 5.45. The summed E-state index contributed by atoms with van der Waals surface area (Å²) in [5.41, 5.74) is 0. The third kappa shape index (κ3) is 3.19. The molecule has 0 bridgehead atoms. The number of fused-ring (bicyclic) bond motifs is 1. The molecule has 2 rings (SSSR count). The number of allylic oxidation sites excluding steroid dienone is 4. The van der Waals surface area contributed by atoms with Crippen molar-refractivity contribution in [3.8, 4) is 0 Å². The van der Waals surface area contributed by atoms with Crippen molar-refractivity contribution in [3.63, 3.8) is 0 Å². The first-order valence-electron chi connectivity index (χ1n) is 5.72. The summed E-state index contributed by atoms with van der Waals surface area (Å²) in [7, 11) is 0. The molecule has 1 aliphatic carbocycles. The van der Waals surface area contributed by atoms with E-state index in [2.05, 4.69) is 49.6 Å². The van der Waals surface area contributed by atoms with Crippen LogP contribution in [0.4, 0.5) is 0 Å². The average molecular weight is 335 g/mol. The monoisotopic (exact) mass is 335 g/mol. The molecule has 0 radical (unpaired) electrons. The number of hydrogen-bond donors (Lipinski definition) is 0. The minimum Gasteiger partial charge on any atom is -0.0991 e. The van der Waals surface area contributed by atoms with Gasteiger partial charge in [-0.05, 0) is 24.3 Å². The van der Waals surface area contributed by atoms with Crippen LogP contribution in [0.2, 0.25) is 0 Å². The SMILES string of the molecule is C=C/C=C\C(=C)[I+]C1=c2ccccc2=CCC1. The molecular formula is C16H16I+. The molecule has 0 aromatic heterocycles. The highest BCUT2D eigenvalue weighted by molar-refractivity contribution is 5.44. The van der Waals surface area contributed by atoms with Gasteiger partial charge < -0.3 is 0 Å². The molecule has 0 saturated carbocycles. The van der Waals surface area contributed by atoms with E-state index in [4.69, 9.17) is 0 Å². The maximum Gasteiger partial charge on any atom is 0.353 e. The number of rotatable bonds is 4. The molecule has 0 atom stereocenters. The Morgan fingerprint density at radius 3 is 2.94 bits per heavy atom. The molecule has 0 amide bonds. The van der Waals surface area contributed by atoms with E-state index in [1.807, 2.05) is 12.2 Å². The summed E-state index contributed by atoms with van der Waals surface area (Å²) in [5.74, 6) is 0. The Hall–Kier alpha value is -1.09. The van der Waals surface area contributed by atoms with E-state index < -0.39 is 0 Å². The number of benzene rings is 1. The zero-order valence-corrected chi connectivity index (χ0v) is 12.0. The Balaban J connectivity index is 2.34. The summed E-state index contributed by atoms with van der Waals surface area (Å²) < 4.78 is 2.87. The van der Waals surface area contributed by atoms with E-state index in [0.717, 1.165) is 0 Å². The first-order chi connectivity index (χ1) is 8.31. The fourth-order valence-electron chi connectivity index (χ4n) is 1.86. The van der Waals surface area contributed by atoms with Crippen LogP contribution < -0.4 is 31.6 Å². The molecule has 0 fully saturated rings. The molecule has 0 aliphatic heterocycles. The Morgan fingerprint density at radius 2 is 2.12 bits per heavy atom. The van der Waals surface area contributed by atoms with Gasteiger partial charge in [-0.3, -0.25) is 0 Å².